The minimum atomic E-state index is 0.653. The first kappa shape index (κ1) is 17.2. The molecule has 1 aliphatic heterocycles. The number of aromatic nitrogens is 2. The van der Waals surface area contributed by atoms with E-state index in [-0.39, 0.29) is 0 Å². The quantitative estimate of drug-likeness (QED) is 0.632. The van der Waals surface area contributed by atoms with E-state index in [1.54, 1.807) is 7.11 Å². The molecule has 0 N–H and O–H groups in total. The number of benzene rings is 2. The summed E-state index contributed by atoms with van der Waals surface area (Å²) in [5.74, 6) is 2.30. The van der Waals surface area contributed by atoms with Gasteiger partial charge in [-0.2, -0.15) is 4.98 Å². The zero-order chi connectivity index (χ0) is 17.9. The molecule has 0 atom stereocenters. The molecule has 0 bridgehead atoms. The molecular formula is C20H20BrN3O2. The van der Waals surface area contributed by atoms with Gasteiger partial charge in [0.15, 0.2) is 5.82 Å². The van der Waals surface area contributed by atoms with Crippen molar-refractivity contribution in [1.82, 2.24) is 15.0 Å². The molecule has 2 heterocycles. The summed E-state index contributed by atoms with van der Waals surface area (Å²) in [5.41, 5.74) is 3.86. The monoisotopic (exact) mass is 413 g/mol. The summed E-state index contributed by atoms with van der Waals surface area (Å²) < 4.78 is 11.8. The van der Waals surface area contributed by atoms with Gasteiger partial charge in [0.2, 0.25) is 5.89 Å². The lowest BCUT2D eigenvalue weighted by Crippen LogP contribution is -2.30. The lowest BCUT2D eigenvalue weighted by atomic mass is 9.99. The Morgan fingerprint density at radius 2 is 2.00 bits per heavy atom. The molecule has 1 aliphatic rings. The van der Waals surface area contributed by atoms with Crippen molar-refractivity contribution in [3.05, 3.63) is 75.3 Å². The minimum Gasteiger partial charge on any atom is -0.497 e. The fraction of sp³-hybridized carbons (Fsp3) is 0.300. The molecule has 26 heavy (non-hydrogen) atoms. The molecular weight excluding hydrogens is 394 g/mol. The molecule has 0 aliphatic carbocycles. The molecule has 5 nitrogen and oxygen atoms in total. The smallest absolute Gasteiger partial charge is 0.231 e. The van der Waals surface area contributed by atoms with Crippen LogP contribution in [-0.4, -0.2) is 28.7 Å². The van der Waals surface area contributed by atoms with Crippen molar-refractivity contribution in [2.24, 2.45) is 0 Å². The second-order valence-electron chi connectivity index (χ2n) is 6.50. The van der Waals surface area contributed by atoms with Crippen LogP contribution in [0.4, 0.5) is 0 Å². The van der Waals surface area contributed by atoms with Crippen LogP contribution in [0.1, 0.15) is 28.4 Å². The van der Waals surface area contributed by atoms with E-state index in [2.05, 4.69) is 55.2 Å². The van der Waals surface area contributed by atoms with E-state index in [9.17, 15) is 0 Å². The number of hydrogen-bond donors (Lipinski definition) is 0. The number of rotatable bonds is 5. The van der Waals surface area contributed by atoms with Gasteiger partial charge in [0, 0.05) is 17.6 Å². The Labute approximate surface area is 161 Å². The van der Waals surface area contributed by atoms with E-state index >= 15 is 0 Å². The van der Waals surface area contributed by atoms with Crippen molar-refractivity contribution >= 4 is 15.9 Å². The molecule has 0 spiro atoms. The van der Waals surface area contributed by atoms with Crippen LogP contribution in [0.5, 0.6) is 5.75 Å². The van der Waals surface area contributed by atoms with E-state index in [0.29, 0.717) is 18.9 Å². The molecule has 0 saturated heterocycles. The summed E-state index contributed by atoms with van der Waals surface area (Å²) in [4.78, 5) is 6.90. The third-order valence-electron chi connectivity index (χ3n) is 4.65. The van der Waals surface area contributed by atoms with Crippen molar-refractivity contribution in [3.8, 4) is 5.75 Å². The Hall–Kier alpha value is -2.18. The highest BCUT2D eigenvalue weighted by Gasteiger charge is 2.19. The first-order chi connectivity index (χ1) is 12.7. The van der Waals surface area contributed by atoms with E-state index in [1.807, 2.05) is 18.2 Å². The van der Waals surface area contributed by atoms with Gasteiger partial charge in [-0.15, -0.1) is 0 Å². The predicted octanol–water partition coefficient (Wildman–Crippen LogP) is 3.99. The summed E-state index contributed by atoms with van der Waals surface area (Å²) in [5, 5.41) is 4.15. The Kier molecular flexibility index (Phi) is 5.04. The zero-order valence-corrected chi connectivity index (χ0v) is 16.2. The lowest BCUT2D eigenvalue weighted by molar-refractivity contribution is 0.235. The van der Waals surface area contributed by atoms with Gasteiger partial charge in [-0.3, -0.25) is 4.90 Å². The SMILES string of the molecule is COc1ccc2c(c1)CN(Cc1noc(Cc3ccc(Br)cc3)n1)CC2. The number of ether oxygens (including phenoxy) is 1. The van der Waals surface area contributed by atoms with Crippen LogP contribution in [0, 0.1) is 0 Å². The summed E-state index contributed by atoms with van der Waals surface area (Å²) in [6, 6.07) is 14.5. The Morgan fingerprint density at radius 1 is 1.15 bits per heavy atom. The van der Waals surface area contributed by atoms with Gasteiger partial charge in [-0.25, -0.2) is 0 Å². The van der Waals surface area contributed by atoms with Crippen LogP contribution in [-0.2, 0) is 25.9 Å². The Balaban J connectivity index is 1.40. The Morgan fingerprint density at radius 3 is 2.81 bits per heavy atom. The lowest BCUT2D eigenvalue weighted by Gasteiger charge is -2.27. The van der Waals surface area contributed by atoms with Crippen LogP contribution in [0.3, 0.4) is 0 Å². The van der Waals surface area contributed by atoms with Crippen LogP contribution in [0.25, 0.3) is 0 Å². The van der Waals surface area contributed by atoms with E-state index in [0.717, 1.165) is 41.1 Å². The second kappa shape index (κ2) is 7.60. The van der Waals surface area contributed by atoms with E-state index in [1.165, 1.54) is 11.1 Å². The highest BCUT2D eigenvalue weighted by molar-refractivity contribution is 9.10. The normalized spacial score (nSPS) is 14.2. The van der Waals surface area contributed by atoms with Crippen LogP contribution in [0.2, 0.25) is 0 Å². The maximum Gasteiger partial charge on any atom is 0.231 e. The van der Waals surface area contributed by atoms with Crippen molar-refractivity contribution in [3.63, 3.8) is 0 Å². The van der Waals surface area contributed by atoms with Crippen molar-refractivity contribution in [2.75, 3.05) is 13.7 Å². The summed E-state index contributed by atoms with van der Waals surface area (Å²) >= 11 is 3.45. The summed E-state index contributed by atoms with van der Waals surface area (Å²) in [6.07, 6.45) is 1.68. The number of methoxy groups -OCH3 is 1. The molecule has 4 rings (SSSR count). The maximum absolute atomic E-state index is 5.43. The van der Waals surface area contributed by atoms with Crippen LogP contribution in [0.15, 0.2) is 51.5 Å². The summed E-state index contributed by atoms with van der Waals surface area (Å²) in [7, 11) is 1.70. The third-order valence-corrected chi connectivity index (χ3v) is 5.18. The molecule has 0 unspecified atom stereocenters. The number of halogens is 1. The fourth-order valence-corrected chi connectivity index (χ4v) is 3.52. The van der Waals surface area contributed by atoms with E-state index in [4.69, 9.17) is 9.26 Å². The molecule has 3 aromatic rings. The molecule has 2 aromatic carbocycles. The third kappa shape index (κ3) is 3.97. The first-order valence-corrected chi connectivity index (χ1v) is 9.43. The van der Waals surface area contributed by atoms with Crippen LogP contribution < -0.4 is 4.74 Å². The van der Waals surface area contributed by atoms with Crippen molar-refractivity contribution in [2.45, 2.75) is 25.9 Å². The number of hydrogen-bond acceptors (Lipinski definition) is 5. The number of nitrogens with zero attached hydrogens (tertiary/aromatic N) is 3. The van der Waals surface area contributed by atoms with Gasteiger partial charge in [-0.05, 0) is 47.4 Å². The average Bonchev–Trinajstić information content (AvgIpc) is 3.10. The molecule has 0 amide bonds. The van der Waals surface area contributed by atoms with Gasteiger partial charge >= 0.3 is 0 Å². The topological polar surface area (TPSA) is 51.4 Å². The van der Waals surface area contributed by atoms with Crippen molar-refractivity contribution < 1.29 is 9.26 Å². The van der Waals surface area contributed by atoms with Gasteiger partial charge in [0.05, 0.1) is 20.1 Å². The summed E-state index contributed by atoms with van der Waals surface area (Å²) in [6.45, 7) is 2.57. The fourth-order valence-electron chi connectivity index (χ4n) is 3.26. The molecule has 134 valence electrons. The minimum absolute atomic E-state index is 0.653. The van der Waals surface area contributed by atoms with Gasteiger partial charge in [0.1, 0.15) is 5.75 Å². The molecule has 1 aromatic heterocycles. The van der Waals surface area contributed by atoms with Gasteiger partial charge in [-0.1, -0.05) is 39.3 Å². The van der Waals surface area contributed by atoms with Gasteiger partial charge in [0.25, 0.3) is 0 Å². The van der Waals surface area contributed by atoms with Crippen LogP contribution >= 0.6 is 15.9 Å². The zero-order valence-electron chi connectivity index (χ0n) is 14.6. The van der Waals surface area contributed by atoms with Crippen molar-refractivity contribution in [1.29, 1.82) is 0 Å². The highest BCUT2D eigenvalue weighted by atomic mass is 79.9. The molecule has 6 heteroatoms. The number of fused-ring (bicyclic) bond motifs is 1. The second-order valence-corrected chi connectivity index (χ2v) is 7.42. The largest absolute Gasteiger partial charge is 0.497 e. The molecule has 0 fully saturated rings. The Bertz CT molecular complexity index is 892. The molecule has 0 saturated carbocycles. The first-order valence-electron chi connectivity index (χ1n) is 8.63. The average molecular weight is 414 g/mol. The predicted molar refractivity (Wildman–Crippen MR) is 102 cm³/mol. The standard InChI is InChI=1S/C20H20BrN3O2/c1-25-18-7-4-15-8-9-24(12-16(15)11-18)13-19-22-20(26-23-19)10-14-2-5-17(21)6-3-14/h2-7,11H,8-10,12-13H2,1H3. The van der Waals surface area contributed by atoms with E-state index < -0.39 is 0 Å². The highest BCUT2D eigenvalue weighted by Crippen LogP contribution is 2.24. The maximum atomic E-state index is 5.43. The van der Waals surface area contributed by atoms with Gasteiger partial charge < -0.3 is 9.26 Å². The molecule has 0 radical (unpaired) electrons.